The highest BCUT2D eigenvalue weighted by molar-refractivity contribution is 6.42. The molecule has 0 radical (unpaired) electrons. The van der Waals surface area contributed by atoms with Crippen molar-refractivity contribution in [3.63, 3.8) is 0 Å². The predicted octanol–water partition coefficient (Wildman–Crippen LogP) is 1.33. The second-order valence-corrected chi connectivity index (χ2v) is 9.34. The number of rotatable bonds is 4. The van der Waals surface area contributed by atoms with Gasteiger partial charge in [0.05, 0.1) is 5.56 Å². The Kier molecular flexibility index (Phi) is 4.48. The van der Waals surface area contributed by atoms with Crippen molar-refractivity contribution >= 4 is 79.0 Å². The van der Waals surface area contributed by atoms with E-state index in [1.807, 2.05) is 0 Å². The summed E-state index contributed by atoms with van der Waals surface area (Å²) >= 11 is 0. The third kappa shape index (κ3) is 2.87. The highest BCUT2D eigenvalue weighted by Gasteiger charge is 2.34. The molecule has 39 heavy (non-hydrogen) atoms. The van der Waals surface area contributed by atoms with Crippen molar-refractivity contribution in [3.8, 4) is 5.75 Å². The zero-order valence-electron chi connectivity index (χ0n) is 19.5. The van der Waals surface area contributed by atoms with E-state index in [0.29, 0.717) is 37.7 Å². The highest BCUT2D eigenvalue weighted by atomic mass is 16.6. The van der Waals surface area contributed by atoms with Crippen LogP contribution in [0.25, 0.3) is 43.1 Å². The molecule has 0 aliphatic carbocycles. The maximum Gasteiger partial charge on any atom is 0.343 e. The molecule has 0 spiro atoms. The minimum atomic E-state index is -2.21. The van der Waals surface area contributed by atoms with E-state index in [1.54, 1.807) is 30.3 Å². The van der Waals surface area contributed by atoms with Crippen LogP contribution >= 0.6 is 0 Å². The quantitative estimate of drug-likeness (QED) is 0.0677. The lowest BCUT2D eigenvalue weighted by molar-refractivity contribution is -0.151. The van der Waals surface area contributed by atoms with Gasteiger partial charge >= 0.3 is 5.97 Å². The van der Waals surface area contributed by atoms with Gasteiger partial charge in [-0.25, -0.2) is 4.79 Å². The maximum absolute atomic E-state index is 12.9. The number of aliphatic hydroxyl groups is 2. The van der Waals surface area contributed by atoms with Gasteiger partial charge in [-0.05, 0) is 45.8 Å². The first-order valence-corrected chi connectivity index (χ1v) is 11.7. The van der Waals surface area contributed by atoms with E-state index in [0.717, 1.165) is 0 Å². The maximum atomic E-state index is 12.9. The summed E-state index contributed by atoms with van der Waals surface area (Å²) in [6.45, 7) is 0. The Bertz CT molecular complexity index is 2020. The van der Waals surface area contributed by atoms with Crippen molar-refractivity contribution in [2.45, 2.75) is 12.2 Å². The lowest BCUT2D eigenvalue weighted by atomic mass is 9.82. The third-order valence-electron chi connectivity index (χ3n) is 7.31. The van der Waals surface area contributed by atoms with Gasteiger partial charge in [-0.2, -0.15) is 0 Å². The molecular formula is C28H14N2O9. The zero-order valence-corrected chi connectivity index (χ0v) is 19.5. The summed E-state index contributed by atoms with van der Waals surface area (Å²) in [4.78, 5) is 74.6. The molecule has 2 unspecified atom stereocenters. The SMILES string of the molecule is O=CC(O)C(O)C(=O)Oc1cc2c3c(ccc4c5ccc6c7c(ccc(c1c34)c75)C(=O)NC6=O)C(=O)NC2=O. The Morgan fingerprint density at radius 2 is 1.15 bits per heavy atom. The number of carbonyl (C=O) groups excluding carboxylic acids is 6. The number of imide groups is 2. The van der Waals surface area contributed by atoms with Crippen LogP contribution in [-0.2, 0) is 9.59 Å². The fourth-order valence-electron chi connectivity index (χ4n) is 5.65. The summed E-state index contributed by atoms with van der Waals surface area (Å²) in [5, 5.41) is 27.8. The molecule has 2 heterocycles. The molecular weight excluding hydrogens is 508 g/mol. The van der Waals surface area contributed by atoms with Crippen LogP contribution in [0.4, 0.5) is 0 Å². The van der Waals surface area contributed by atoms with Crippen LogP contribution in [0.5, 0.6) is 5.75 Å². The van der Waals surface area contributed by atoms with Crippen LogP contribution in [0.1, 0.15) is 41.4 Å². The van der Waals surface area contributed by atoms with Crippen molar-refractivity contribution in [2.75, 3.05) is 0 Å². The molecule has 4 amide bonds. The standard InChI is InChI=1S/C28H14N2O9/c31-8-16(32)23(33)28(38)39-17-7-15-20-14(26(36)30-27(15)37)5-2-10-9-1-4-12-19-13(25(35)29-24(12)34)6-3-11(18(9)19)21(17)22(10)20/h1-8,16,23,32-33H,(H,29,34,35)(H,30,36,37). The Balaban J connectivity index is 1.68. The van der Waals surface area contributed by atoms with Crippen molar-refractivity contribution < 1.29 is 43.7 Å². The van der Waals surface area contributed by atoms with E-state index in [1.165, 1.54) is 12.1 Å². The summed E-state index contributed by atoms with van der Waals surface area (Å²) in [5.41, 5.74) is 0.762. The fraction of sp³-hybridized carbons (Fsp3) is 0.0714. The van der Waals surface area contributed by atoms with E-state index < -0.39 is 41.8 Å². The van der Waals surface area contributed by atoms with Crippen molar-refractivity contribution in [3.05, 3.63) is 64.7 Å². The second kappa shape index (κ2) is 7.63. The minimum Gasteiger partial charge on any atom is -0.424 e. The number of esters is 1. The molecule has 2 aliphatic heterocycles. The highest BCUT2D eigenvalue weighted by Crippen LogP contribution is 2.48. The Labute approximate surface area is 216 Å². The van der Waals surface area contributed by atoms with Gasteiger partial charge in [0.2, 0.25) is 0 Å². The third-order valence-corrected chi connectivity index (χ3v) is 7.31. The number of hydrogen-bond donors (Lipinski definition) is 4. The number of carbonyl (C=O) groups is 6. The molecule has 11 heteroatoms. The number of ether oxygens (including phenoxy) is 1. The summed E-state index contributed by atoms with van der Waals surface area (Å²) < 4.78 is 5.47. The molecule has 5 aromatic carbocycles. The van der Waals surface area contributed by atoms with Crippen LogP contribution in [0.3, 0.4) is 0 Å². The first kappa shape index (κ1) is 22.9. The van der Waals surface area contributed by atoms with Crippen molar-refractivity contribution in [2.24, 2.45) is 0 Å². The Hall–Kier alpha value is -5.26. The van der Waals surface area contributed by atoms with Crippen LogP contribution in [0.2, 0.25) is 0 Å². The lowest BCUT2D eigenvalue weighted by Crippen LogP contribution is -2.38. The molecule has 4 N–H and O–H groups in total. The van der Waals surface area contributed by atoms with Crippen LogP contribution in [0, 0.1) is 0 Å². The number of fused-ring (bicyclic) bond motifs is 2. The average Bonchev–Trinajstić information content (AvgIpc) is 2.93. The second-order valence-electron chi connectivity index (χ2n) is 9.34. The molecule has 190 valence electrons. The fourth-order valence-corrected chi connectivity index (χ4v) is 5.65. The van der Waals surface area contributed by atoms with E-state index in [-0.39, 0.29) is 39.7 Å². The first-order valence-electron chi connectivity index (χ1n) is 11.7. The van der Waals surface area contributed by atoms with Gasteiger partial charge in [0.1, 0.15) is 11.9 Å². The molecule has 11 nitrogen and oxygen atoms in total. The molecule has 0 bridgehead atoms. The summed E-state index contributed by atoms with van der Waals surface area (Å²) in [6.07, 6.45) is -4.28. The molecule has 7 rings (SSSR count). The summed E-state index contributed by atoms with van der Waals surface area (Å²) in [5.74, 6) is -4.05. The number of aliphatic hydroxyl groups excluding tert-OH is 2. The van der Waals surface area contributed by atoms with Crippen LogP contribution in [-0.4, -0.2) is 58.3 Å². The van der Waals surface area contributed by atoms with Gasteiger partial charge in [0.15, 0.2) is 12.4 Å². The molecule has 0 aromatic heterocycles. The molecule has 2 atom stereocenters. The van der Waals surface area contributed by atoms with Gasteiger partial charge in [0, 0.05) is 38.2 Å². The molecule has 5 aromatic rings. The van der Waals surface area contributed by atoms with Gasteiger partial charge in [0.25, 0.3) is 23.6 Å². The predicted molar refractivity (Wildman–Crippen MR) is 135 cm³/mol. The number of benzene rings is 5. The molecule has 0 fully saturated rings. The zero-order chi connectivity index (χ0) is 27.3. The van der Waals surface area contributed by atoms with Gasteiger partial charge in [-0.1, -0.05) is 18.2 Å². The lowest BCUT2D eigenvalue weighted by Gasteiger charge is -2.25. The normalized spacial score (nSPS) is 16.1. The molecule has 0 saturated heterocycles. The first-order chi connectivity index (χ1) is 18.7. The summed E-state index contributed by atoms with van der Waals surface area (Å²) in [7, 11) is 0. The monoisotopic (exact) mass is 522 g/mol. The number of amides is 4. The topological polar surface area (TPSA) is 176 Å². The molecule has 2 aliphatic rings. The number of hydrogen-bond acceptors (Lipinski definition) is 9. The van der Waals surface area contributed by atoms with Gasteiger partial charge in [-0.3, -0.25) is 29.8 Å². The average molecular weight is 522 g/mol. The molecule has 0 saturated carbocycles. The van der Waals surface area contributed by atoms with Crippen molar-refractivity contribution in [1.82, 2.24) is 10.6 Å². The Morgan fingerprint density at radius 1 is 0.667 bits per heavy atom. The number of aldehydes is 1. The van der Waals surface area contributed by atoms with E-state index in [4.69, 9.17) is 4.74 Å². The number of nitrogens with one attached hydrogen (secondary N) is 2. The minimum absolute atomic E-state index is 0.0237. The van der Waals surface area contributed by atoms with Crippen molar-refractivity contribution in [1.29, 1.82) is 0 Å². The van der Waals surface area contributed by atoms with E-state index >= 15 is 0 Å². The Morgan fingerprint density at radius 3 is 1.72 bits per heavy atom. The van der Waals surface area contributed by atoms with Gasteiger partial charge in [-0.15, -0.1) is 0 Å². The largest absolute Gasteiger partial charge is 0.424 e. The smallest absolute Gasteiger partial charge is 0.343 e. The van der Waals surface area contributed by atoms with Crippen LogP contribution < -0.4 is 15.4 Å². The van der Waals surface area contributed by atoms with E-state index in [2.05, 4.69) is 10.6 Å². The van der Waals surface area contributed by atoms with Gasteiger partial charge < -0.3 is 19.7 Å². The summed E-state index contributed by atoms with van der Waals surface area (Å²) in [6, 6.07) is 10.9. The van der Waals surface area contributed by atoms with E-state index in [9.17, 15) is 39.0 Å². The van der Waals surface area contributed by atoms with Crippen LogP contribution in [0.15, 0.2) is 42.5 Å².